The molecule has 0 aromatic carbocycles. The molecular weight excluding hydrogens is 224 g/mol. The minimum absolute atomic E-state index is 0.110. The number of hydrogen-bond donors (Lipinski definition) is 0. The fraction of sp³-hybridized carbons (Fsp3) is 0.812. The fourth-order valence-corrected chi connectivity index (χ4v) is 3.92. The molecule has 0 aliphatic heterocycles. The van der Waals surface area contributed by atoms with Gasteiger partial charge >= 0.3 is 5.97 Å². The quantitative estimate of drug-likeness (QED) is 0.557. The van der Waals surface area contributed by atoms with Gasteiger partial charge in [0, 0.05) is 11.0 Å². The van der Waals surface area contributed by atoms with E-state index >= 15 is 0 Å². The molecule has 2 nitrogen and oxygen atoms in total. The highest BCUT2D eigenvalue weighted by Crippen LogP contribution is 2.66. The molecule has 0 aromatic heterocycles. The van der Waals surface area contributed by atoms with Crippen molar-refractivity contribution in [1.29, 1.82) is 0 Å². The van der Waals surface area contributed by atoms with Crippen LogP contribution in [0.15, 0.2) is 11.6 Å². The Morgan fingerprint density at radius 2 is 2.06 bits per heavy atom. The van der Waals surface area contributed by atoms with Gasteiger partial charge in [0.2, 0.25) is 0 Å². The van der Waals surface area contributed by atoms with Gasteiger partial charge in [-0.25, -0.2) is 4.79 Å². The second-order valence-corrected chi connectivity index (χ2v) is 6.80. The molecule has 0 radical (unpaired) electrons. The van der Waals surface area contributed by atoms with Gasteiger partial charge in [-0.2, -0.15) is 0 Å². The maximum absolute atomic E-state index is 12.0. The molecule has 2 rings (SSSR count). The molecule has 0 heterocycles. The van der Waals surface area contributed by atoms with Crippen LogP contribution in [0.4, 0.5) is 0 Å². The van der Waals surface area contributed by atoms with Crippen LogP contribution >= 0.6 is 0 Å². The Morgan fingerprint density at radius 1 is 1.39 bits per heavy atom. The highest BCUT2D eigenvalue weighted by Gasteiger charge is 2.62. The number of esters is 1. The van der Waals surface area contributed by atoms with Gasteiger partial charge in [-0.3, -0.25) is 0 Å². The maximum atomic E-state index is 12.0. The Labute approximate surface area is 111 Å². The van der Waals surface area contributed by atoms with Crippen LogP contribution in [0.2, 0.25) is 0 Å². The summed E-state index contributed by atoms with van der Waals surface area (Å²) in [7, 11) is 0. The van der Waals surface area contributed by atoms with Crippen molar-refractivity contribution < 1.29 is 9.53 Å². The van der Waals surface area contributed by atoms with Crippen LogP contribution in [0, 0.1) is 16.7 Å². The van der Waals surface area contributed by atoms with Gasteiger partial charge in [-0.1, -0.05) is 33.8 Å². The zero-order valence-electron chi connectivity index (χ0n) is 12.4. The zero-order chi connectivity index (χ0) is 13.6. The normalized spacial score (nSPS) is 37.9. The lowest BCUT2D eigenvalue weighted by Gasteiger charge is -2.38. The molecule has 2 bridgehead atoms. The van der Waals surface area contributed by atoms with E-state index in [0.717, 1.165) is 24.3 Å². The molecular formula is C16H26O2. The Hall–Kier alpha value is -0.790. The number of ether oxygens (including phenoxy) is 1. The molecule has 3 atom stereocenters. The lowest BCUT2D eigenvalue weighted by Crippen LogP contribution is -2.38. The van der Waals surface area contributed by atoms with Crippen molar-refractivity contribution in [2.45, 2.75) is 66.4 Å². The van der Waals surface area contributed by atoms with E-state index in [1.54, 1.807) is 0 Å². The average molecular weight is 250 g/mol. The molecule has 3 unspecified atom stereocenters. The minimum atomic E-state index is -0.119. The molecule has 2 aliphatic carbocycles. The molecule has 2 heteroatoms. The second-order valence-electron chi connectivity index (χ2n) is 6.80. The Morgan fingerprint density at radius 3 is 2.50 bits per heavy atom. The van der Waals surface area contributed by atoms with E-state index in [4.69, 9.17) is 4.74 Å². The summed E-state index contributed by atoms with van der Waals surface area (Å²) >= 11 is 0. The van der Waals surface area contributed by atoms with E-state index in [9.17, 15) is 4.79 Å². The summed E-state index contributed by atoms with van der Waals surface area (Å²) in [6.07, 6.45) is 6.48. The monoisotopic (exact) mass is 250 g/mol. The zero-order valence-corrected chi connectivity index (χ0v) is 12.4. The van der Waals surface area contributed by atoms with Crippen LogP contribution in [0.5, 0.6) is 0 Å². The van der Waals surface area contributed by atoms with Gasteiger partial charge in [0.1, 0.15) is 6.10 Å². The van der Waals surface area contributed by atoms with Crippen LogP contribution in [-0.2, 0) is 9.53 Å². The Bertz CT molecular complexity index is 381. The largest absolute Gasteiger partial charge is 0.458 e. The van der Waals surface area contributed by atoms with Gasteiger partial charge in [-0.05, 0) is 43.9 Å². The number of allylic oxidation sites excluding steroid dienone is 1. The Kier molecular flexibility index (Phi) is 3.33. The average Bonchev–Trinajstić information content (AvgIpc) is 2.62. The third-order valence-corrected chi connectivity index (χ3v) is 5.80. The van der Waals surface area contributed by atoms with E-state index < -0.39 is 0 Å². The first-order valence-electron chi connectivity index (χ1n) is 7.20. The van der Waals surface area contributed by atoms with Crippen LogP contribution in [-0.4, -0.2) is 12.1 Å². The molecule has 2 aliphatic rings. The highest BCUT2D eigenvalue weighted by atomic mass is 16.5. The molecule has 0 aromatic rings. The molecule has 0 amide bonds. The third kappa shape index (κ3) is 1.81. The number of hydrogen-bond acceptors (Lipinski definition) is 2. The molecule has 18 heavy (non-hydrogen) atoms. The lowest BCUT2D eigenvalue weighted by molar-refractivity contribution is -0.152. The van der Waals surface area contributed by atoms with Gasteiger partial charge in [0.15, 0.2) is 0 Å². The van der Waals surface area contributed by atoms with E-state index in [0.29, 0.717) is 5.41 Å². The maximum Gasteiger partial charge on any atom is 0.333 e. The van der Waals surface area contributed by atoms with Gasteiger partial charge in [-0.15, -0.1) is 0 Å². The summed E-state index contributed by atoms with van der Waals surface area (Å²) < 4.78 is 5.79. The van der Waals surface area contributed by atoms with Crippen molar-refractivity contribution in [2.75, 3.05) is 0 Å². The van der Waals surface area contributed by atoms with E-state index in [1.165, 1.54) is 12.8 Å². The van der Waals surface area contributed by atoms with E-state index in [1.807, 2.05) is 19.9 Å². The van der Waals surface area contributed by atoms with Crippen molar-refractivity contribution in [2.24, 2.45) is 16.7 Å². The van der Waals surface area contributed by atoms with Crippen molar-refractivity contribution in [3.05, 3.63) is 11.6 Å². The lowest BCUT2D eigenvalue weighted by atomic mass is 9.70. The number of carbonyl (C=O) groups excluding carboxylic acids is 1. The van der Waals surface area contributed by atoms with Gasteiger partial charge in [0.05, 0.1) is 0 Å². The smallest absolute Gasteiger partial charge is 0.333 e. The second kappa shape index (κ2) is 4.40. The first-order chi connectivity index (χ1) is 8.33. The van der Waals surface area contributed by atoms with Gasteiger partial charge in [0.25, 0.3) is 0 Å². The summed E-state index contributed by atoms with van der Waals surface area (Å²) in [4.78, 5) is 12.0. The first-order valence-corrected chi connectivity index (χ1v) is 7.20. The van der Waals surface area contributed by atoms with Crippen molar-refractivity contribution >= 4 is 5.97 Å². The van der Waals surface area contributed by atoms with Crippen LogP contribution in [0.1, 0.15) is 60.3 Å². The van der Waals surface area contributed by atoms with E-state index in [2.05, 4.69) is 20.8 Å². The van der Waals surface area contributed by atoms with Crippen LogP contribution < -0.4 is 0 Å². The first kappa shape index (κ1) is 13.6. The van der Waals surface area contributed by atoms with Crippen LogP contribution in [0.3, 0.4) is 0 Å². The summed E-state index contributed by atoms with van der Waals surface area (Å²) in [6.45, 7) is 10.9. The topological polar surface area (TPSA) is 26.3 Å². The predicted molar refractivity (Wildman–Crippen MR) is 73.2 cm³/mol. The molecule has 0 spiro atoms. The Balaban J connectivity index is 2.10. The highest BCUT2D eigenvalue weighted by molar-refractivity contribution is 5.87. The van der Waals surface area contributed by atoms with Crippen LogP contribution in [0.25, 0.3) is 0 Å². The third-order valence-electron chi connectivity index (χ3n) is 5.80. The standard InChI is InChI=1S/C16H26O2/c1-6-7-11(2)14(17)18-13-10-12-8-9-16(13,5)15(12,3)4/h7,12-13H,6,8-10H2,1-5H3/b11-7+. The predicted octanol–water partition coefficient (Wildman–Crippen LogP) is 4.10. The van der Waals surface area contributed by atoms with Gasteiger partial charge < -0.3 is 4.74 Å². The minimum Gasteiger partial charge on any atom is -0.458 e. The molecule has 2 fully saturated rings. The van der Waals surface area contributed by atoms with Crippen molar-refractivity contribution in [3.8, 4) is 0 Å². The molecule has 0 saturated heterocycles. The number of fused-ring (bicyclic) bond motifs is 2. The number of carbonyl (C=O) groups is 1. The van der Waals surface area contributed by atoms with E-state index in [-0.39, 0.29) is 17.5 Å². The summed E-state index contributed by atoms with van der Waals surface area (Å²) in [5.41, 5.74) is 1.22. The van der Waals surface area contributed by atoms with Crippen molar-refractivity contribution in [1.82, 2.24) is 0 Å². The molecule has 0 N–H and O–H groups in total. The summed E-state index contributed by atoms with van der Waals surface area (Å²) in [6, 6.07) is 0. The summed E-state index contributed by atoms with van der Waals surface area (Å²) in [5.74, 6) is 0.599. The number of rotatable bonds is 3. The molecule has 102 valence electrons. The SMILES string of the molecule is CC/C=C(\C)C(=O)OC1CC2CCC1(C)C2(C)C. The molecule has 2 saturated carbocycles. The summed E-state index contributed by atoms with van der Waals surface area (Å²) in [5, 5.41) is 0. The fourth-order valence-electron chi connectivity index (χ4n) is 3.92. The van der Waals surface area contributed by atoms with Crippen molar-refractivity contribution in [3.63, 3.8) is 0 Å².